The quantitative estimate of drug-likeness (QED) is 0.575. The van der Waals surface area contributed by atoms with Crippen LogP contribution in [-0.4, -0.2) is 16.7 Å². The predicted molar refractivity (Wildman–Crippen MR) is 62.7 cm³/mol. The van der Waals surface area contributed by atoms with Gasteiger partial charge in [-0.05, 0) is 12.5 Å². The second-order valence-electron chi connectivity index (χ2n) is 3.46. The Hall–Kier alpha value is -1.28. The van der Waals surface area contributed by atoms with Crippen LogP contribution in [-0.2, 0) is 6.54 Å². The van der Waals surface area contributed by atoms with Crippen LogP contribution in [0.2, 0.25) is 0 Å². The van der Waals surface area contributed by atoms with Crippen molar-refractivity contribution in [1.82, 2.24) is 4.57 Å². The summed E-state index contributed by atoms with van der Waals surface area (Å²) in [5.41, 5.74) is 1.85. The Bertz CT molecular complexity index is 475. The van der Waals surface area contributed by atoms with E-state index in [0.717, 1.165) is 35.7 Å². The number of para-hydroxylation sites is 1. The Balaban J connectivity index is 2.50. The number of nitrogens with zero attached hydrogens (tertiary/aromatic N) is 1. The van der Waals surface area contributed by atoms with Gasteiger partial charge in [-0.1, -0.05) is 18.2 Å². The minimum Gasteiger partial charge on any atom is -0.347 e. The zero-order valence-corrected chi connectivity index (χ0v) is 9.07. The second-order valence-corrected chi connectivity index (χ2v) is 3.83. The highest BCUT2D eigenvalue weighted by atomic mass is 35.5. The van der Waals surface area contributed by atoms with Gasteiger partial charge < -0.3 is 4.57 Å². The first kappa shape index (κ1) is 10.2. The van der Waals surface area contributed by atoms with E-state index in [0.29, 0.717) is 5.88 Å². The summed E-state index contributed by atoms with van der Waals surface area (Å²) >= 11 is 5.66. The van der Waals surface area contributed by atoms with E-state index in [-0.39, 0.29) is 0 Å². The molecule has 1 aromatic carbocycles. The van der Waals surface area contributed by atoms with Crippen LogP contribution in [0.4, 0.5) is 0 Å². The average Bonchev–Trinajstić information content (AvgIpc) is 2.65. The largest absolute Gasteiger partial charge is 0.347 e. The number of benzene rings is 1. The molecule has 0 saturated heterocycles. The molecule has 0 amide bonds. The second kappa shape index (κ2) is 4.49. The minimum atomic E-state index is 0.642. The lowest BCUT2D eigenvalue weighted by molar-refractivity contribution is 0.112. The highest BCUT2D eigenvalue weighted by Crippen LogP contribution is 2.20. The van der Waals surface area contributed by atoms with E-state index in [1.165, 1.54) is 0 Å². The van der Waals surface area contributed by atoms with Gasteiger partial charge in [-0.3, -0.25) is 4.79 Å². The molecule has 2 aromatic rings. The molecule has 0 fully saturated rings. The van der Waals surface area contributed by atoms with Crippen molar-refractivity contribution in [3.8, 4) is 0 Å². The van der Waals surface area contributed by atoms with E-state index in [9.17, 15) is 4.79 Å². The number of hydrogen-bond donors (Lipinski definition) is 0. The van der Waals surface area contributed by atoms with Crippen LogP contribution in [0.3, 0.4) is 0 Å². The highest BCUT2D eigenvalue weighted by Gasteiger charge is 2.05. The van der Waals surface area contributed by atoms with Crippen molar-refractivity contribution in [1.29, 1.82) is 0 Å². The van der Waals surface area contributed by atoms with Gasteiger partial charge in [0, 0.05) is 35.1 Å². The third kappa shape index (κ3) is 1.90. The number of fused-ring (bicyclic) bond motifs is 1. The maximum atomic E-state index is 10.9. The van der Waals surface area contributed by atoms with E-state index < -0.39 is 0 Å². The Morgan fingerprint density at radius 2 is 2.13 bits per heavy atom. The maximum Gasteiger partial charge on any atom is 0.152 e. The third-order valence-electron chi connectivity index (χ3n) is 2.48. The van der Waals surface area contributed by atoms with Crippen molar-refractivity contribution in [2.75, 3.05) is 5.88 Å². The lowest BCUT2D eigenvalue weighted by Gasteiger charge is -2.02. The molecule has 15 heavy (non-hydrogen) atoms. The molecule has 0 aliphatic heterocycles. The van der Waals surface area contributed by atoms with Crippen molar-refractivity contribution >= 4 is 28.8 Å². The summed E-state index contributed by atoms with van der Waals surface area (Å²) in [6.07, 6.45) is 3.71. The molecule has 2 nitrogen and oxygen atoms in total. The summed E-state index contributed by atoms with van der Waals surface area (Å²) in [6.45, 7) is 0.859. The summed E-state index contributed by atoms with van der Waals surface area (Å²) in [7, 11) is 0. The molecule has 0 bridgehead atoms. The SMILES string of the molecule is O=Cc1cn(CCCCl)c2ccccc12. The third-order valence-corrected chi connectivity index (χ3v) is 2.75. The van der Waals surface area contributed by atoms with E-state index in [4.69, 9.17) is 11.6 Å². The Morgan fingerprint density at radius 1 is 1.33 bits per heavy atom. The fourth-order valence-electron chi connectivity index (χ4n) is 1.78. The van der Waals surface area contributed by atoms with Gasteiger partial charge >= 0.3 is 0 Å². The number of rotatable bonds is 4. The van der Waals surface area contributed by atoms with E-state index in [2.05, 4.69) is 4.57 Å². The summed E-state index contributed by atoms with van der Waals surface area (Å²) < 4.78 is 2.08. The van der Waals surface area contributed by atoms with Gasteiger partial charge in [0.2, 0.25) is 0 Å². The van der Waals surface area contributed by atoms with Gasteiger partial charge in [0.15, 0.2) is 6.29 Å². The van der Waals surface area contributed by atoms with Crippen molar-refractivity contribution in [3.05, 3.63) is 36.0 Å². The van der Waals surface area contributed by atoms with Gasteiger partial charge in [-0.25, -0.2) is 0 Å². The molecule has 0 aliphatic rings. The number of hydrogen-bond acceptors (Lipinski definition) is 1. The minimum absolute atomic E-state index is 0.642. The van der Waals surface area contributed by atoms with Gasteiger partial charge in [0.25, 0.3) is 0 Å². The molecule has 0 atom stereocenters. The zero-order chi connectivity index (χ0) is 10.7. The molecule has 78 valence electrons. The van der Waals surface area contributed by atoms with E-state index >= 15 is 0 Å². The van der Waals surface area contributed by atoms with Crippen LogP contribution in [0, 0.1) is 0 Å². The molecule has 0 spiro atoms. The van der Waals surface area contributed by atoms with Crippen LogP contribution in [0.1, 0.15) is 16.8 Å². The van der Waals surface area contributed by atoms with Crippen LogP contribution < -0.4 is 0 Å². The molecular formula is C12H12ClNO. The Morgan fingerprint density at radius 3 is 2.87 bits per heavy atom. The number of aryl methyl sites for hydroxylation is 1. The predicted octanol–water partition coefficient (Wildman–Crippen LogP) is 3.08. The number of aldehydes is 1. The lowest BCUT2D eigenvalue weighted by Crippen LogP contribution is -1.96. The van der Waals surface area contributed by atoms with Gasteiger partial charge in [-0.15, -0.1) is 11.6 Å². The summed E-state index contributed by atoms with van der Waals surface area (Å²) in [4.78, 5) is 10.9. The number of carbonyl (C=O) groups excluding carboxylic acids is 1. The van der Waals surface area contributed by atoms with Crippen molar-refractivity contribution < 1.29 is 4.79 Å². The van der Waals surface area contributed by atoms with Gasteiger partial charge in [-0.2, -0.15) is 0 Å². The van der Waals surface area contributed by atoms with E-state index in [1.807, 2.05) is 30.5 Å². The van der Waals surface area contributed by atoms with E-state index in [1.54, 1.807) is 0 Å². The standard InChI is InChI=1S/C12H12ClNO/c13-6-3-7-14-8-10(9-15)11-4-1-2-5-12(11)14/h1-2,4-5,8-9H,3,6-7H2. The first-order valence-corrected chi connectivity index (χ1v) is 5.49. The van der Waals surface area contributed by atoms with Crippen LogP contribution >= 0.6 is 11.6 Å². The van der Waals surface area contributed by atoms with Crippen LogP contribution in [0.5, 0.6) is 0 Å². The Labute approximate surface area is 93.5 Å². The number of carbonyl (C=O) groups is 1. The molecule has 1 aromatic heterocycles. The zero-order valence-electron chi connectivity index (χ0n) is 8.32. The van der Waals surface area contributed by atoms with Gasteiger partial charge in [0.05, 0.1) is 0 Å². The first-order valence-electron chi connectivity index (χ1n) is 4.96. The Kier molecular flexibility index (Phi) is 3.07. The summed E-state index contributed by atoms with van der Waals surface area (Å²) in [5, 5.41) is 1.02. The smallest absolute Gasteiger partial charge is 0.152 e. The molecule has 0 radical (unpaired) electrons. The number of aromatic nitrogens is 1. The molecule has 2 rings (SSSR count). The molecule has 0 saturated carbocycles. The molecule has 0 unspecified atom stereocenters. The molecule has 0 N–H and O–H groups in total. The highest BCUT2D eigenvalue weighted by molar-refractivity contribution is 6.17. The molecular weight excluding hydrogens is 210 g/mol. The lowest BCUT2D eigenvalue weighted by atomic mass is 10.2. The van der Waals surface area contributed by atoms with Crippen molar-refractivity contribution in [2.24, 2.45) is 0 Å². The molecule has 1 heterocycles. The first-order chi connectivity index (χ1) is 7.36. The van der Waals surface area contributed by atoms with Crippen molar-refractivity contribution in [2.45, 2.75) is 13.0 Å². The summed E-state index contributed by atoms with van der Waals surface area (Å²) in [5.74, 6) is 0.642. The van der Waals surface area contributed by atoms with Crippen LogP contribution in [0.25, 0.3) is 10.9 Å². The molecule has 0 aliphatic carbocycles. The number of alkyl halides is 1. The van der Waals surface area contributed by atoms with Crippen LogP contribution in [0.15, 0.2) is 30.5 Å². The fraction of sp³-hybridized carbons (Fsp3) is 0.250. The maximum absolute atomic E-state index is 10.9. The normalized spacial score (nSPS) is 10.7. The van der Waals surface area contributed by atoms with Crippen molar-refractivity contribution in [3.63, 3.8) is 0 Å². The topological polar surface area (TPSA) is 22.0 Å². The fourth-order valence-corrected chi connectivity index (χ4v) is 1.90. The summed E-state index contributed by atoms with van der Waals surface area (Å²) in [6, 6.07) is 7.92. The van der Waals surface area contributed by atoms with Gasteiger partial charge in [0.1, 0.15) is 0 Å². The monoisotopic (exact) mass is 221 g/mol. The molecule has 3 heteroatoms. The number of halogens is 1. The average molecular weight is 222 g/mol.